The normalized spacial score (nSPS) is 15.1. The van der Waals surface area contributed by atoms with Crippen LogP contribution in [0.5, 0.6) is 0 Å². The van der Waals surface area contributed by atoms with Crippen LogP contribution in [0.3, 0.4) is 0 Å². The molecule has 0 aromatic carbocycles. The monoisotopic (exact) mass is 198 g/mol. The van der Waals surface area contributed by atoms with Crippen LogP contribution in [0.4, 0.5) is 0 Å². The van der Waals surface area contributed by atoms with Crippen molar-refractivity contribution in [2.45, 2.75) is 64.9 Å². The van der Waals surface area contributed by atoms with Crippen molar-refractivity contribution in [2.75, 3.05) is 0 Å². The third kappa shape index (κ3) is 7.14. The number of hydrogen-bond donors (Lipinski definition) is 1. The van der Waals surface area contributed by atoms with Gasteiger partial charge in [0.25, 0.3) is 0 Å². The van der Waals surface area contributed by atoms with Crippen molar-refractivity contribution in [1.29, 1.82) is 0 Å². The van der Waals surface area contributed by atoms with E-state index < -0.39 is 0 Å². The predicted octanol–water partition coefficient (Wildman–Crippen LogP) is 3.92. The Bertz CT molecular complexity index is 131. The topological polar surface area (TPSA) is 20.2 Å². The summed E-state index contributed by atoms with van der Waals surface area (Å²) in [5.74, 6) is 0.241. The van der Waals surface area contributed by atoms with Gasteiger partial charge in [-0.25, -0.2) is 0 Å². The zero-order valence-electron chi connectivity index (χ0n) is 9.84. The van der Waals surface area contributed by atoms with Gasteiger partial charge in [0, 0.05) is 0 Å². The van der Waals surface area contributed by atoms with Crippen LogP contribution < -0.4 is 0 Å². The molecule has 1 heteroatoms. The molecule has 1 N–H and O–H groups in total. The van der Waals surface area contributed by atoms with Crippen LogP contribution in [0.15, 0.2) is 12.7 Å². The van der Waals surface area contributed by atoms with Crippen molar-refractivity contribution in [2.24, 2.45) is 5.92 Å². The predicted molar refractivity (Wildman–Crippen MR) is 63.4 cm³/mol. The number of aliphatic hydroxyl groups excluding tert-OH is 1. The molecule has 0 aliphatic carbocycles. The molecule has 84 valence electrons. The Balaban J connectivity index is 3.22. The molecule has 0 aliphatic rings. The quantitative estimate of drug-likeness (QED) is 0.440. The smallest absolute Gasteiger partial charge is 0.0600 e. The van der Waals surface area contributed by atoms with E-state index in [0.717, 1.165) is 12.8 Å². The Labute approximate surface area is 89.2 Å². The first kappa shape index (κ1) is 13.7. The van der Waals surface area contributed by atoms with Crippen molar-refractivity contribution in [3.8, 4) is 0 Å². The highest BCUT2D eigenvalue weighted by Gasteiger charge is 2.09. The average molecular weight is 198 g/mol. The lowest BCUT2D eigenvalue weighted by Crippen LogP contribution is -2.14. The van der Waals surface area contributed by atoms with Crippen LogP contribution in [-0.2, 0) is 0 Å². The second-order valence-corrected chi connectivity index (χ2v) is 4.22. The molecular weight excluding hydrogens is 172 g/mol. The Morgan fingerprint density at radius 1 is 1.14 bits per heavy atom. The van der Waals surface area contributed by atoms with Crippen LogP contribution >= 0.6 is 0 Å². The van der Waals surface area contributed by atoms with E-state index in [1.165, 1.54) is 32.1 Å². The molecule has 0 bridgehead atoms. The van der Waals surface area contributed by atoms with Gasteiger partial charge in [0.05, 0.1) is 6.10 Å². The second kappa shape index (κ2) is 9.26. The van der Waals surface area contributed by atoms with Gasteiger partial charge in [-0.1, -0.05) is 58.4 Å². The fourth-order valence-electron chi connectivity index (χ4n) is 1.55. The van der Waals surface area contributed by atoms with Gasteiger partial charge in [-0.05, 0) is 12.3 Å². The maximum Gasteiger partial charge on any atom is 0.0600 e. The van der Waals surface area contributed by atoms with E-state index in [9.17, 15) is 5.11 Å². The Kier molecular flexibility index (Phi) is 9.06. The van der Waals surface area contributed by atoms with Gasteiger partial charge < -0.3 is 5.11 Å². The van der Waals surface area contributed by atoms with Crippen molar-refractivity contribution < 1.29 is 5.11 Å². The largest absolute Gasteiger partial charge is 0.393 e. The van der Waals surface area contributed by atoms with Crippen molar-refractivity contribution in [3.05, 3.63) is 12.7 Å². The first-order valence-corrected chi connectivity index (χ1v) is 6.03. The summed E-state index contributed by atoms with van der Waals surface area (Å²) in [5.41, 5.74) is 0. The average Bonchev–Trinajstić information content (AvgIpc) is 2.21. The summed E-state index contributed by atoms with van der Waals surface area (Å²) >= 11 is 0. The highest BCUT2D eigenvalue weighted by molar-refractivity contribution is 4.80. The molecule has 1 nitrogen and oxygen atoms in total. The maximum atomic E-state index is 9.65. The summed E-state index contributed by atoms with van der Waals surface area (Å²) in [6.07, 6.45) is 10.3. The summed E-state index contributed by atoms with van der Waals surface area (Å²) in [6, 6.07) is 0. The van der Waals surface area contributed by atoms with Gasteiger partial charge in [0.2, 0.25) is 0 Å². The molecule has 0 radical (unpaired) electrons. The van der Waals surface area contributed by atoms with E-state index >= 15 is 0 Å². The van der Waals surface area contributed by atoms with Crippen molar-refractivity contribution in [3.63, 3.8) is 0 Å². The molecule has 0 heterocycles. The molecule has 0 amide bonds. The Morgan fingerprint density at radius 3 is 2.29 bits per heavy atom. The van der Waals surface area contributed by atoms with E-state index in [-0.39, 0.29) is 12.0 Å². The summed E-state index contributed by atoms with van der Waals surface area (Å²) in [5, 5.41) is 9.65. The SMILES string of the molecule is C=C[C@H](C)[C@@H](O)CCCCCCCC. The second-order valence-electron chi connectivity index (χ2n) is 4.22. The molecule has 14 heavy (non-hydrogen) atoms. The first-order valence-electron chi connectivity index (χ1n) is 6.03. The lowest BCUT2D eigenvalue weighted by atomic mass is 9.99. The minimum atomic E-state index is -0.182. The molecule has 0 saturated carbocycles. The fraction of sp³-hybridized carbons (Fsp3) is 0.846. The van der Waals surface area contributed by atoms with Gasteiger partial charge in [-0.15, -0.1) is 6.58 Å². The zero-order chi connectivity index (χ0) is 10.8. The highest BCUT2D eigenvalue weighted by Crippen LogP contribution is 2.13. The third-order valence-electron chi connectivity index (χ3n) is 2.83. The molecule has 0 spiro atoms. The number of aliphatic hydroxyl groups is 1. The van der Waals surface area contributed by atoms with Crippen molar-refractivity contribution in [1.82, 2.24) is 0 Å². The molecular formula is C13H26O. The van der Waals surface area contributed by atoms with E-state index in [1.54, 1.807) is 0 Å². The number of unbranched alkanes of at least 4 members (excludes halogenated alkanes) is 5. The summed E-state index contributed by atoms with van der Waals surface area (Å²) in [7, 11) is 0. The maximum absolute atomic E-state index is 9.65. The third-order valence-corrected chi connectivity index (χ3v) is 2.83. The molecule has 0 aliphatic heterocycles. The Morgan fingerprint density at radius 2 is 1.71 bits per heavy atom. The van der Waals surface area contributed by atoms with Crippen molar-refractivity contribution >= 4 is 0 Å². The molecule has 2 atom stereocenters. The highest BCUT2D eigenvalue weighted by atomic mass is 16.3. The van der Waals surface area contributed by atoms with Gasteiger partial charge in [0.15, 0.2) is 0 Å². The molecule has 0 saturated heterocycles. The number of hydrogen-bond acceptors (Lipinski definition) is 1. The van der Waals surface area contributed by atoms with Crippen LogP contribution in [0, 0.1) is 5.92 Å². The summed E-state index contributed by atoms with van der Waals surface area (Å²) in [4.78, 5) is 0. The number of rotatable bonds is 9. The molecule has 0 unspecified atom stereocenters. The van der Waals surface area contributed by atoms with Gasteiger partial charge in [-0.3, -0.25) is 0 Å². The minimum Gasteiger partial charge on any atom is -0.393 e. The zero-order valence-corrected chi connectivity index (χ0v) is 9.84. The Hall–Kier alpha value is -0.300. The van der Waals surface area contributed by atoms with Gasteiger partial charge in [-0.2, -0.15) is 0 Å². The lowest BCUT2D eigenvalue weighted by Gasteiger charge is -2.14. The van der Waals surface area contributed by atoms with E-state index in [0.29, 0.717) is 0 Å². The molecule has 0 fully saturated rings. The van der Waals surface area contributed by atoms with Gasteiger partial charge in [0.1, 0.15) is 0 Å². The van der Waals surface area contributed by atoms with E-state index in [1.807, 2.05) is 13.0 Å². The minimum absolute atomic E-state index is 0.182. The molecule has 0 aromatic rings. The summed E-state index contributed by atoms with van der Waals surface area (Å²) < 4.78 is 0. The standard InChI is InChI=1S/C13H26O/c1-4-6-7-8-9-10-11-13(14)12(3)5-2/h5,12-14H,2,4,6-11H2,1,3H3/t12-,13-/m0/s1. The first-order chi connectivity index (χ1) is 6.72. The van der Waals surface area contributed by atoms with Crippen LogP contribution in [0.25, 0.3) is 0 Å². The van der Waals surface area contributed by atoms with E-state index in [2.05, 4.69) is 13.5 Å². The fourth-order valence-corrected chi connectivity index (χ4v) is 1.55. The lowest BCUT2D eigenvalue weighted by molar-refractivity contribution is 0.125. The van der Waals surface area contributed by atoms with Crippen LogP contribution in [0.2, 0.25) is 0 Å². The van der Waals surface area contributed by atoms with Crippen LogP contribution in [0.1, 0.15) is 58.8 Å². The van der Waals surface area contributed by atoms with E-state index in [4.69, 9.17) is 0 Å². The van der Waals surface area contributed by atoms with Crippen LogP contribution in [-0.4, -0.2) is 11.2 Å². The summed E-state index contributed by atoms with van der Waals surface area (Å²) in [6.45, 7) is 7.94. The molecule has 0 aromatic heterocycles. The molecule has 0 rings (SSSR count). The van der Waals surface area contributed by atoms with Gasteiger partial charge >= 0.3 is 0 Å².